The van der Waals surface area contributed by atoms with E-state index in [-0.39, 0.29) is 5.92 Å². The van der Waals surface area contributed by atoms with Crippen molar-refractivity contribution >= 4 is 17.2 Å². The largest absolute Gasteiger partial charge is 0.193 e. The fraction of sp³-hybridized carbons (Fsp3) is 0.150. The molecule has 0 saturated carbocycles. The third kappa shape index (κ3) is 1.56. The summed E-state index contributed by atoms with van der Waals surface area (Å²) in [6.07, 6.45) is 4.37. The van der Waals surface area contributed by atoms with Gasteiger partial charge in [0.15, 0.2) is 0 Å². The lowest BCUT2D eigenvalue weighted by molar-refractivity contribution is 1.11. The number of nitrogens with zero attached hydrogens (tertiary/aromatic N) is 1. The summed E-state index contributed by atoms with van der Waals surface area (Å²) >= 11 is 0. The number of hydrogen-bond donors (Lipinski definition) is 0. The highest BCUT2D eigenvalue weighted by Crippen LogP contribution is 2.41. The van der Waals surface area contributed by atoms with Crippen LogP contribution in [0.15, 0.2) is 42.5 Å². The van der Waals surface area contributed by atoms with Crippen LogP contribution < -0.4 is 10.4 Å². The van der Waals surface area contributed by atoms with Crippen molar-refractivity contribution in [2.24, 2.45) is 0 Å². The van der Waals surface area contributed by atoms with E-state index in [0.29, 0.717) is 0 Å². The van der Waals surface area contributed by atoms with Crippen molar-refractivity contribution in [2.45, 2.75) is 19.8 Å². The van der Waals surface area contributed by atoms with E-state index in [1.807, 2.05) is 12.1 Å². The number of fused-ring (bicyclic) bond motifs is 4. The predicted molar refractivity (Wildman–Crippen MR) is 85.8 cm³/mol. The Kier molecular flexibility index (Phi) is 2.43. The molecule has 21 heavy (non-hydrogen) atoms. The van der Waals surface area contributed by atoms with Crippen LogP contribution in [0.5, 0.6) is 0 Å². The molecule has 0 aromatic heterocycles. The van der Waals surface area contributed by atoms with Gasteiger partial charge < -0.3 is 0 Å². The van der Waals surface area contributed by atoms with Gasteiger partial charge >= 0.3 is 0 Å². The lowest BCUT2D eigenvalue weighted by atomic mass is 9.80. The molecule has 0 fully saturated rings. The molecule has 0 heterocycles. The zero-order chi connectivity index (χ0) is 14.6. The number of allylic oxidation sites excluding steroid dienone is 1. The van der Waals surface area contributed by atoms with Gasteiger partial charge in [-0.3, -0.25) is 0 Å². The first-order valence-electron chi connectivity index (χ1n) is 7.23. The topological polar surface area (TPSA) is 23.8 Å². The third-order valence-corrected chi connectivity index (χ3v) is 4.70. The molecule has 0 radical (unpaired) electrons. The Morgan fingerprint density at radius 3 is 2.43 bits per heavy atom. The Hall–Kier alpha value is -2.59. The van der Waals surface area contributed by atoms with E-state index in [1.54, 1.807) is 0 Å². The van der Waals surface area contributed by atoms with Crippen LogP contribution in [0.25, 0.3) is 17.2 Å². The molecule has 0 N–H and O–H groups in total. The number of nitriles is 1. The van der Waals surface area contributed by atoms with Crippen LogP contribution in [0.2, 0.25) is 0 Å². The second kappa shape index (κ2) is 4.20. The molecule has 0 spiro atoms. The zero-order valence-corrected chi connectivity index (χ0v) is 12.1. The van der Waals surface area contributed by atoms with Gasteiger partial charge in [0, 0.05) is 11.5 Å². The number of aryl methyl sites for hydroxylation is 2. The molecule has 2 aliphatic carbocycles. The van der Waals surface area contributed by atoms with Crippen molar-refractivity contribution in [1.82, 2.24) is 0 Å². The van der Waals surface area contributed by atoms with Gasteiger partial charge in [0.25, 0.3) is 0 Å². The second-order valence-corrected chi connectivity index (χ2v) is 5.86. The van der Waals surface area contributed by atoms with Crippen LogP contribution in [-0.2, 0) is 0 Å². The SMILES string of the molecule is Cc1cc2c(cc1C)C1C(C#N)=c3ccccc3=C1C=C2. The maximum atomic E-state index is 9.68. The van der Waals surface area contributed by atoms with Crippen molar-refractivity contribution in [3.63, 3.8) is 0 Å². The molecule has 0 amide bonds. The quantitative estimate of drug-likeness (QED) is 0.721. The van der Waals surface area contributed by atoms with Gasteiger partial charge in [0.05, 0.1) is 6.07 Å². The van der Waals surface area contributed by atoms with Gasteiger partial charge in [0.1, 0.15) is 0 Å². The highest BCUT2D eigenvalue weighted by Gasteiger charge is 2.30. The molecule has 2 aliphatic rings. The van der Waals surface area contributed by atoms with E-state index in [1.165, 1.54) is 33.0 Å². The molecular weight excluding hydrogens is 254 g/mol. The minimum atomic E-state index is 0.103. The van der Waals surface area contributed by atoms with Crippen LogP contribution in [0, 0.1) is 25.2 Å². The maximum absolute atomic E-state index is 9.68. The first-order valence-corrected chi connectivity index (χ1v) is 7.23. The molecule has 100 valence electrons. The summed E-state index contributed by atoms with van der Waals surface area (Å²) in [5, 5.41) is 12.0. The maximum Gasteiger partial charge on any atom is 0.0963 e. The van der Waals surface area contributed by atoms with Crippen LogP contribution >= 0.6 is 0 Å². The van der Waals surface area contributed by atoms with E-state index in [9.17, 15) is 5.26 Å². The summed E-state index contributed by atoms with van der Waals surface area (Å²) in [4.78, 5) is 0. The fourth-order valence-corrected chi connectivity index (χ4v) is 3.50. The first-order chi connectivity index (χ1) is 10.2. The van der Waals surface area contributed by atoms with E-state index in [0.717, 1.165) is 10.8 Å². The van der Waals surface area contributed by atoms with Gasteiger partial charge in [-0.15, -0.1) is 0 Å². The number of benzene rings is 2. The van der Waals surface area contributed by atoms with E-state index >= 15 is 0 Å². The Morgan fingerprint density at radius 1 is 0.952 bits per heavy atom. The fourth-order valence-electron chi connectivity index (χ4n) is 3.50. The van der Waals surface area contributed by atoms with Crippen LogP contribution in [0.3, 0.4) is 0 Å². The molecule has 0 aliphatic heterocycles. The van der Waals surface area contributed by atoms with Gasteiger partial charge in [-0.1, -0.05) is 48.6 Å². The van der Waals surface area contributed by atoms with Crippen LogP contribution in [0.4, 0.5) is 0 Å². The highest BCUT2D eigenvalue weighted by atomic mass is 14.4. The molecule has 2 aromatic rings. The molecule has 2 aromatic carbocycles. The van der Waals surface area contributed by atoms with Gasteiger partial charge in [-0.25, -0.2) is 0 Å². The second-order valence-electron chi connectivity index (χ2n) is 5.86. The van der Waals surface area contributed by atoms with Crippen molar-refractivity contribution in [3.8, 4) is 6.07 Å². The summed E-state index contributed by atoms with van der Waals surface area (Å²) < 4.78 is 0. The van der Waals surface area contributed by atoms with Gasteiger partial charge in [-0.05, 0) is 52.1 Å². The molecule has 1 heteroatoms. The van der Waals surface area contributed by atoms with E-state index in [4.69, 9.17) is 0 Å². The molecular formula is C20H15N. The predicted octanol–water partition coefficient (Wildman–Crippen LogP) is 2.95. The smallest absolute Gasteiger partial charge is 0.0963 e. The van der Waals surface area contributed by atoms with Crippen molar-refractivity contribution in [3.05, 3.63) is 75.2 Å². The standard InChI is InChI=1S/C20H15N/c1-12-9-14-7-8-17-15-5-3-4-6-16(15)19(11-21)20(17)18(14)10-13(12)2/h3-10,20H,1-2H3. The third-order valence-electron chi connectivity index (χ3n) is 4.70. The Balaban J connectivity index is 2.12. The molecule has 0 bridgehead atoms. The van der Waals surface area contributed by atoms with E-state index < -0.39 is 0 Å². The van der Waals surface area contributed by atoms with E-state index in [2.05, 4.69) is 56.3 Å². The van der Waals surface area contributed by atoms with Crippen molar-refractivity contribution in [2.75, 3.05) is 0 Å². The van der Waals surface area contributed by atoms with Crippen LogP contribution in [0.1, 0.15) is 28.2 Å². The Bertz CT molecular complexity index is 968. The summed E-state index contributed by atoms with van der Waals surface area (Å²) in [7, 11) is 0. The van der Waals surface area contributed by atoms with Crippen molar-refractivity contribution < 1.29 is 0 Å². The summed E-state index contributed by atoms with van der Waals surface area (Å²) in [5.74, 6) is 0.103. The molecule has 1 unspecified atom stereocenters. The zero-order valence-electron chi connectivity index (χ0n) is 12.1. The summed E-state index contributed by atoms with van der Waals surface area (Å²) in [5.41, 5.74) is 7.25. The van der Waals surface area contributed by atoms with Crippen LogP contribution in [-0.4, -0.2) is 0 Å². The summed E-state index contributed by atoms with van der Waals surface area (Å²) in [6.45, 7) is 4.28. The lowest BCUT2D eigenvalue weighted by Gasteiger charge is -2.23. The Labute approximate surface area is 124 Å². The van der Waals surface area contributed by atoms with Crippen molar-refractivity contribution in [1.29, 1.82) is 5.26 Å². The minimum Gasteiger partial charge on any atom is -0.193 e. The van der Waals surface area contributed by atoms with Gasteiger partial charge in [-0.2, -0.15) is 5.26 Å². The molecule has 1 nitrogen and oxygen atoms in total. The number of hydrogen-bond acceptors (Lipinski definition) is 1. The molecule has 0 saturated heterocycles. The lowest BCUT2D eigenvalue weighted by Crippen LogP contribution is -2.22. The number of rotatable bonds is 0. The monoisotopic (exact) mass is 269 g/mol. The highest BCUT2D eigenvalue weighted by molar-refractivity contribution is 5.93. The first kappa shape index (κ1) is 12.2. The minimum absolute atomic E-state index is 0.103. The van der Waals surface area contributed by atoms with Gasteiger partial charge in [0.2, 0.25) is 0 Å². The average Bonchev–Trinajstić information content (AvgIpc) is 2.83. The molecule has 4 rings (SSSR count). The average molecular weight is 269 g/mol. The normalized spacial score (nSPS) is 18.0. The summed E-state index contributed by atoms with van der Waals surface area (Å²) in [6, 6.07) is 15.2. The molecule has 1 atom stereocenters. The Morgan fingerprint density at radius 2 is 1.67 bits per heavy atom.